The van der Waals surface area contributed by atoms with E-state index in [4.69, 9.17) is 23.7 Å². The van der Waals surface area contributed by atoms with Crippen molar-refractivity contribution in [2.24, 2.45) is 0 Å². The Morgan fingerprint density at radius 2 is 1.96 bits per heavy atom. The van der Waals surface area contributed by atoms with Gasteiger partial charge in [-0.15, -0.1) is 0 Å². The number of carbonyl (C=O) groups excluding carboxylic acids is 1. The Hall–Kier alpha value is -1.94. The third-order valence-corrected chi connectivity index (χ3v) is 5.48. The molecule has 9 nitrogen and oxygen atoms in total. The zero-order valence-electron chi connectivity index (χ0n) is 16.1. The number of nitrogens with zero attached hydrogens (tertiary/aromatic N) is 1. The van der Waals surface area contributed by atoms with Crippen molar-refractivity contribution in [1.29, 1.82) is 0 Å². The van der Waals surface area contributed by atoms with Gasteiger partial charge in [0.25, 0.3) is 0 Å². The first kappa shape index (κ1) is 19.4. The average Bonchev–Trinajstić information content (AvgIpc) is 3.27. The van der Waals surface area contributed by atoms with Crippen molar-refractivity contribution in [3.05, 3.63) is 24.0 Å². The van der Waals surface area contributed by atoms with Crippen molar-refractivity contribution in [1.82, 2.24) is 15.6 Å². The predicted molar refractivity (Wildman–Crippen MR) is 98.3 cm³/mol. The molecular formula is C19H27N3O6. The number of amides is 2. The van der Waals surface area contributed by atoms with E-state index in [9.17, 15) is 4.79 Å². The summed E-state index contributed by atoms with van der Waals surface area (Å²) in [5.41, 5.74) is 0.821. The van der Waals surface area contributed by atoms with Gasteiger partial charge in [0.05, 0.1) is 37.6 Å². The summed E-state index contributed by atoms with van der Waals surface area (Å²) < 4.78 is 28.6. The summed E-state index contributed by atoms with van der Waals surface area (Å²) >= 11 is 0. The fourth-order valence-electron chi connectivity index (χ4n) is 3.93. The van der Waals surface area contributed by atoms with E-state index in [0.29, 0.717) is 26.4 Å². The van der Waals surface area contributed by atoms with Crippen molar-refractivity contribution in [3.8, 4) is 5.75 Å². The van der Waals surface area contributed by atoms with Gasteiger partial charge in [0, 0.05) is 19.9 Å². The molecule has 3 aliphatic heterocycles. The minimum absolute atomic E-state index is 0.0778. The maximum atomic E-state index is 12.5. The van der Waals surface area contributed by atoms with Gasteiger partial charge in [0.2, 0.25) is 0 Å². The van der Waals surface area contributed by atoms with Crippen LogP contribution in [0.15, 0.2) is 18.3 Å². The van der Waals surface area contributed by atoms with Crippen molar-refractivity contribution < 1.29 is 28.5 Å². The van der Waals surface area contributed by atoms with Crippen LogP contribution < -0.4 is 15.4 Å². The van der Waals surface area contributed by atoms with Gasteiger partial charge in [0.1, 0.15) is 24.1 Å². The van der Waals surface area contributed by atoms with Crippen LogP contribution in [0.25, 0.3) is 0 Å². The summed E-state index contributed by atoms with van der Waals surface area (Å²) in [5, 5.41) is 5.95. The number of carbonyl (C=O) groups is 1. The maximum absolute atomic E-state index is 12.5. The fraction of sp³-hybridized carbons (Fsp3) is 0.684. The van der Waals surface area contributed by atoms with Crippen LogP contribution in [0.5, 0.6) is 5.75 Å². The van der Waals surface area contributed by atoms with E-state index in [1.807, 2.05) is 19.1 Å². The highest BCUT2D eigenvalue weighted by Gasteiger charge is 2.49. The van der Waals surface area contributed by atoms with Gasteiger partial charge in [0.15, 0.2) is 6.10 Å². The lowest BCUT2D eigenvalue weighted by atomic mass is 10.1. The second-order valence-electron chi connectivity index (χ2n) is 7.31. The Kier molecular flexibility index (Phi) is 5.96. The maximum Gasteiger partial charge on any atom is 0.315 e. The molecule has 4 rings (SSSR count). The minimum Gasteiger partial charge on any atom is -0.483 e. The normalized spacial score (nSPS) is 34.6. The fourth-order valence-corrected chi connectivity index (χ4v) is 3.93. The first-order valence-corrected chi connectivity index (χ1v) is 9.64. The summed E-state index contributed by atoms with van der Waals surface area (Å²) in [6, 6.07) is 3.16. The second-order valence-corrected chi connectivity index (χ2v) is 7.31. The van der Waals surface area contributed by atoms with Crippen LogP contribution in [0.3, 0.4) is 0 Å². The van der Waals surface area contributed by atoms with Gasteiger partial charge in [-0.2, -0.15) is 0 Å². The van der Waals surface area contributed by atoms with E-state index in [2.05, 4.69) is 15.6 Å². The molecular weight excluding hydrogens is 366 g/mol. The topological polar surface area (TPSA) is 100 Å². The van der Waals surface area contributed by atoms with E-state index in [1.54, 1.807) is 13.3 Å². The lowest BCUT2D eigenvalue weighted by molar-refractivity contribution is -0.0471. The van der Waals surface area contributed by atoms with Crippen molar-refractivity contribution >= 4 is 6.03 Å². The minimum atomic E-state index is -0.251. The SMILES string of the molecule is COC1COCCC1NC(=O)N[C@H]1CO[C@H]2[C@@H]1OC[C@@H]2Oc1cccnc1C. The predicted octanol–water partition coefficient (Wildman–Crippen LogP) is 0.407. The average molecular weight is 393 g/mol. The molecule has 0 radical (unpaired) electrons. The first-order chi connectivity index (χ1) is 13.7. The van der Waals surface area contributed by atoms with Gasteiger partial charge in [-0.05, 0) is 25.5 Å². The molecule has 1 aromatic heterocycles. The number of fused-ring (bicyclic) bond motifs is 1. The molecule has 2 unspecified atom stereocenters. The van der Waals surface area contributed by atoms with Gasteiger partial charge in [-0.3, -0.25) is 4.98 Å². The van der Waals surface area contributed by atoms with Crippen molar-refractivity contribution in [2.45, 2.75) is 49.8 Å². The Bertz CT molecular complexity index is 689. The molecule has 0 bridgehead atoms. The monoisotopic (exact) mass is 393 g/mol. The highest BCUT2D eigenvalue weighted by atomic mass is 16.6. The van der Waals surface area contributed by atoms with Crippen LogP contribution in [-0.2, 0) is 18.9 Å². The molecule has 0 spiro atoms. The lowest BCUT2D eigenvalue weighted by Crippen LogP contribution is -2.55. The molecule has 3 fully saturated rings. The highest BCUT2D eigenvalue weighted by Crippen LogP contribution is 2.30. The molecule has 0 saturated carbocycles. The van der Waals surface area contributed by atoms with E-state index in [-0.39, 0.29) is 42.5 Å². The van der Waals surface area contributed by atoms with Crippen molar-refractivity contribution in [3.63, 3.8) is 0 Å². The van der Waals surface area contributed by atoms with Gasteiger partial charge >= 0.3 is 6.03 Å². The molecule has 0 aliphatic carbocycles. The van der Waals surface area contributed by atoms with Crippen LogP contribution >= 0.6 is 0 Å². The molecule has 154 valence electrons. The number of ether oxygens (including phenoxy) is 5. The second kappa shape index (κ2) is 8.60. The number of rotatable bonds is 5. The molecule has 2 N–H and O–H groups in total. The molecule has 0 aromatic carbocycles. The summed E-state index contributed by atoms with van der Waals surface area (Å²) in [5.74, 6) is 0.722. The largest absolute Gasteiger partial charge is 0.483 e. The molecule has 1 aromatic rings. The Morgan fingerprint density at radius 3 is 2.79 bits per heavy atom. The quantitative estimate of drug-likeness (QED) is 0.747. The zero-order valence-corrected chi connectivity index (χ0v) is 16.1. The van der Waals surface area contributed by atoms with Crippen LogP contribution in [0.4, 0.5) is 4.79 Å². The third kappa shape index (κ3) is 4.07. The molecule has 2 amide bonds. The van der Waals surface area contributed by atoms with Crippen molar-refractivity contribution in [2.75, 3.05) is 33.5 Å². The van der Waals surface area contributed by atoms with E-state index >= 15 is 0 Å². The number of hydrogen-bond acceptors (Lipinski definition) is 7. The number of urea groups is 1. The van der Waals surface area contributed by atoms with Crippen LogP contribution in [-0.4, -0.2) is 81.1 Å². The molecule has 6 atom stereocenters. The number of methoxy groups -OCH3 is 1. The first-order valence-electron chi connectivity index (χ1n) is 9.64. The highest BCUT2D eigenvalue weighted by molar-refractivity contribution is 5.74. The van der Waals surface area contributed by atoms with E-state index in [1.165, 1.54) is 0 Å². The number of aromatic nitrogens is 1. The summed E-state index contributed by atoms with van der Waals surface area (Å²) in [6.45, 7) is 3.79. The number of pyridine rings is 1. The van der Waals surface area contributed by atoms with Gasteiger partial charge < -0.3 is 34.3 Å². The smallest absolute Gasteiger partial charge is 0.315 e. The summed E-state index contributed by atoms with van der Waals surface area (Å²) in [7, 11) is 1.62. The molecule has 9 heteroatoms. The van der Waals surface area contributed by atoms with Gasteiger partial charge in [-0.25, -0.2) is 4.79 Å². The number of aryl methyl sites for hydroxylation is 1. The van der Waals surface area contributed by atoms with E-state index in [0.717, 1.165) is 17.9 Å². The molecule has 4 heterocycles. The lowest BCUT2D eigenvalue weighted by Gasteiger charge is -2.31. The van der Waals surface area contributed by atoms with Crippen LogP contribution in [0.1, 0.15) is 12.1 Å². The summed E-state index contributed by atoms with van der Waals surface area (Å²) in [6.07, 6.45) is 1.62. The third-order valence-electron chi connectivity index (χ3n) is 5.48. The van der Waals surface area contributed by atoms with Crippen LogP contribution in [0, 0.1) is 6.92 Å². The van der Waals surface area contributed by atoms with E-state index < -0.39 is 0 Å². The Labute approximate surface area is 164 Å². The standard InChI is InChI=1S/C19H27N3O6/c1-11-14(4-3-6-20-11)28-16-10-27-17-13(8-26-18(16)17)22-19(23)21-12-5-7-25-9-15(12)24-2/h3-4,6,12-13,15-18H,5,7-10H2,1-2H3,(H2,21,22,23)/t12?,13-,15?,16-,17+,18+/m0/s1. The molecule has 28 heavy (non-hydrogen) atoms. The van der Waals surface area contributed by atoms with Crippen LogP contribution in [0.2, 0.25) is 0 Å². The number of nitrogens with one attached hydrogen (secondary N) is 2. The Balaban J connectivity index is 1.30. The van der Waals surface area contributed by atoms with Gasteiger partial charge in [-0.1, -0.05) is 0 Å². The Morgan fingerprint density at radius 1 is 1.14 bits per heavy atom. The summed E-state index contributed by atoms with van der Waals surface area (Å²) in [4.78, 5) is 16.7. The molecule has 3 aliphatic rings. The number of hydrogen-bond donors (Lipinski definition) is 2. The molecule has 3 saturated heterocycles. The zero-order chi connectivity index (χ0) is 19.5.